The zero-order valence-corrected chi connectivity index (χ0v) is 12.8. The van der Waals surface area contributed by atoms with E-state index in [9.17, 15) is 4.79 Å². The Morgan fingerprint density at radius 1 is 1.35 bits per heavy atom. The molecule has 0 heterocycles. The average Bonchev–Trinajstić information content (AvgIpc) is 2.44. The molecule has 5 nitrogen and oxygen atoms in total. The van der Waals surface area contributed by atoms with Crippen LogP contribution in [0.4, 0.5) is 0 Å². The number of amides is 1. The van der Waals surface area contributed by atoms with E-state index in [-0.39, 0.29) is 24.5 Å². The summed E-state index contributed by atoms with van der Waals surface area (Å²) in [5, 5.41) is 12.2. The van der Waals surface area contributed by atoms with Gasteiger partial charge in [-0.15, -0.1) is 0 Å². The standard InChI is InChI=1S/C14H20ClNO4/c1-8(7-17)9(2)16-14(18)10-5-11(15)13(20-4)12(6-10)19-3/h5-6,8-9,17H,7H2,1-4H3,(H,16,18). The van der Waals surface area contributed by atoms with Crippen LogP contribution in [0.25, 0.3) is 0 Å². The van der Waals surface area contributed by atoms with Gasteiger partial charge in [0.05, 0.1) is 19.2 Å². The van der Waals surface area contributed by atoms with Gasteiger partial charge in [-0.05, 0) is 25.0 Å². The topological polar surface area (TPSA) is 67.8 Å². The summed E-state index contributed by atoms with van der Waals surface area (Å²) in [6.45, 7) is 3.70. The van der Waals surface area contributed by atoms with Crippen molar-refractivity contribution >= 4 is 17.5 Å². The number of aliphatic hydroxyl groups is 1. The fourth-order valence-corrected chi connectivity index (χ4v) is 1.93. The second-order valence-electron chi connectivity index (χ2n) is 4.62. The molecule has 0 aliphatic rings. The minimum Gasteiger partial charge on any atom is -0.493 e. The molecule has 2 N–H and O–H groups in total. The highest BCUT2D eigenvalue weighted by Crippen LogP contribution is 2.35. The van der Waals surface area contributed by atoms with Gasteiger partial charge in [0.2, 0.25) is 0 Å². The van der Waals surface area contributed by atoms with Crippen LogP contribution < -0.4 is 14.8 Å². The number of benzene rings is 1. The third-order valence-electron chi connectivity index (χ3n) is 3.20. The van der Waals surface area contributed by atoms with Crippen molar-refractivity contribution < 1.29 is 19.4 Å². The minimum absolute atomic E-state index is 0.00807. The van der Waals surface area contributed by atoms with Crippen LogP contribution in [0.3, 0.4) is 0 Å². The second kappa shape index (κ2) is 7.36. The van der Waals surface area contributed by atoms with E-state index < -0.39 is 0 Å². The molecule has 2 atom stereocenters. The molecule has 0 aromatic heterocycles. The summed E-state index contributed by atoms with van der Waals surface area (Å²) in [4.78, 5) is 12.1. The first-order valence-electron chi connectivity index (χ1n) is 6.27. The zero-order chi connectivity index (χ0) is 15.3. The Hall–Kier alpha value is -1.46. The molecular weight excluding hydrogens is 282 g/mol. The monoisotopic (exact) mass is 301 g/mol. The number of halogens is 1. The van der Waals surface area contributed by atoms with Gasteiger partial charge in [0.15, 0.2) is 11.5 Å². The van der Waals surface area contributed by atoms with Crippen molar-refractivity contribution in [1.29, 1.82) is 0 Å². The van der Waals surface area contributed by atoms with E-state index in [1.807, 2.05) is 13.8 Å². The lowest BCUT2D eigenvalue weighted by Gasteiger charge is -2.19. The van der Waals surface area contributed by atoms with E-state index in [4.69, 9.17) is 26.2 Å². The highest BCUT2D eigenvalue weighted by molar-refractivity contribution is 6.32. The summed E-state index contributed by atoms with van der Waals surface area (Å²) in [5.74, 6) is 0.478. The van der Waals surface area contributed by atoms with Crippen LogP contribution in [0, 0.1) is 5.92 Å². The van der Waals surface area contributed by atoms with Crippen LogP contribution in [-0.2, 0) is 0 Å². The van der Waals surface area contributed by atoms with Crippen molar-refractivity contribution in [2.75, 3.05) is 20.8 Å². The van der Waals surface area contributed by atoms with Crippen molar-refractivity contribution in [2.45, 2.75) is 19.9 Å². The molecule has 0 fully saturated rings. The number of aliphatic hydroxyl groups excluding tert-OH is 1. The quantitative estimate of drug-likeness (QED) is 0.844. The van der Waals surface area contributed by atoms with Crippen LogP contribution in [-0.4, -0.2) is 37.9 Å². The van der Waals surface area contributed by atoms with Crippen molar-refractivity contribution in [3.05, 3.63) is 22.7 Å². The van der Waals surface area contributed by atoms with Crippen molar-refractivity contribution in [2.24, 2.45) is 5.92 Å². The fourth-order valence-electron chi connectivity index (χ4n) is 1.64. The molecule has 0 bridgehead atoms. The molecule has 1 aromatic rings. The Balaban J connectivity index is 2.97. The van der Waals surface area contributed by atoms with Gasteiger partial charge < -0.3 is 19.9 Å². The molecule has 0 radical (unpaired) electrons. The summed E-state index contributed by atoms with van der Waals surface area (Å²) >= 11 is 6.06. The third-order valence-corrected chi connectivity index (χ3v) is 3.48. The number of nitrogens with one attached hydrogen (secondary N) is 1. The predicted molar refractivity (Wildman–Crippen MR) is 77.7 cm³/mol. The lowest BCUT2D eigenvalue weighted by Crippen LogP contribution is -2.38. The van der Waals surface area contributed by atoms with E-state index in [0.29, 0.717) is 22.1 Å². The summed E-state index contributed by atoms with van der Waals surface area (Å²) in [7, 11) is 2.96. The summed E-state index contributed by atoms with van der Waals surface area (Å²) < 4.78 is 10.3. The zero-order valence-electron chi connectivity index (χ0n) is 12.1. The van der Waals surface area contributed by atoms with Gasteiger partial charge in [0, 0.05) is 18.2 Å². The highest BCUT2D eigenvalue weighted by atomic mass is 35.5. The lowest BCUT2D eigenvalue weighted by atomic mass is 10.0. The van der Waals surface area contributed by atoms with Crippen LogP contribution in [0.15, 0.2) is 12.1 Å². The maximum atomic E-state index is 12.1. The molecule has 1 aromatic carbocycles. The molecule has 0 saturated carbocycles. The second-order valence-corrected chi connectivity index (χ2v) is 5.02. The number of hydrogen-bond donors (Lipinski definition) is 2. The van der Waals surface area contributed by atoms with Crippen LogP contribution >= 0.6 is 11.6 Å². The number of carbonyl (C=O) groups is 1. The van der Waals surface area contributed by atoms with Crippen LogP contribution in [0.2, 0.25) is 5.02 Å². The number of methoxy groups -OCH3 is 2. The Labute approximate surface area is 123 Å². The normalized spacial score (nSPS) is 13.5. The van der Waals surface area contributed by atoms with Crippen molar-refractivity contribution in [3.63, 3.8) is 0 Å². The summed E-state index contributed by atoms with van der Waals surface area (Å²) in [6.07, 6.45) is 0. The summed E-state index contributed by atoms with van der Waals surface area (Å²) in [6, 6.07) is 2.93. The summed E-state index contributed by atoms with van der Waals surface area (Å²) in [5.41, 5.74) is 0.379. The van der Waals surface area contributed by atoms with E-state index >= 15 is 0 Å². The van der Waals surface area contributed by atoms with E-state index in [1.165, 1.54) is 20.3 Å². The van der Waals surface area contributed by atoms with Gasteiger partial charge in [-0.25, -0.2) is 0 Å². The molecule has 112 valence electrons. The molecule has 2 unspecified atom stereocenters. The third kappa shape index (κ3) is 3.77. The lowest BCUT2D eigenvalue weighted by molar-refractivity contribution is 0.0916. The molecule has 0 spiro atoms. The van der Waals surface area contributed by atoms with Crippen LogP contribution in [0.1, 0.15) is 24.2 Å². The maximum absolute atomic E-state index is 12.1. The molecule has 0 aliphatic heterocycles. The molecule has 6 heteroatoms. The van der Waals surface area contributed by atoms with Gasteiger partial charge in [-0.2, -0.15) is 0 Å². The Morgan fingerprint density at radius 3 is 2.50 bits per heavy atom. The molecular formula is C14H20ClNO4. The first-order valence-corrected chi connectivity index (χ1v) is 6.65. The average molecular weight is 302 g/mol. The Bertz CT molecular complexity index is 478. The number of rotatable bonds is 6. The number of carbonyl (C=O) groups excluding carboxylic acids is 1. The largest absolute Gasteiger partial charge is 0.493 e. The first kappa shape index (κ1) is 16.6. The SMILES string of the molecule is COc1cc(C(=O)NC(C)C(C)CO)cc(Cl)c1OC. The molecule has 1 amide bonds. The van der Waals surface area contributed by atoms with Gasteiger partial charge in [-0.3, -0.25) is 4.79 Å². The van der Waals surface area contributed by atoms with Gasteiger partial charge in [0.25, 0.3) is 5.91 Å². The predicted octanol–water partition coefficient (Wildman–Crippen LogP) is 2.10. The molecule has 1 rings (SSSR count). The van der Waals surface area contributed by atoms with Gasteiger partial charge in [-0.1, -0.05) is 18.5 Å². The molecule has 0 saturated heterocycles. The molecule has 0 aliphatic carbocycles. The van der Waals surface area contributed by atoms with Crippen LogP contribution in [0.5, 0.6) is 11.5 Å². The van der Waals surface area contributed by atoms with E-state index in [1.54, 1.807) is 6.07 Å². The number of ether oxygens (including phenoxy) is 2. The van der Waals surface area contributed by atoms with Crippen molar-refractivity contribution in [3.8, 4) is 11.5 Å². The fraction of sp³-hybridized carbons (Fsp3) is 0.500. The van der Waals surface area contributed by atoms with E-state index in [0.717, 1.165) is 0 Å². The smallest absolute Gasteiger partial charge is 0.251 e. The minimum atomic E-state index is -0.277. The Kier molecular flexibility index (Phi) is 6.10. The van der Waals surface area contributed by atoms with Gasteiger partial charge >= 0.3 is 0 Å². The first-order chi connectivity index (χ1) is 9.44. The van der Waals surface area contributed by atoms with Crippen molar-refractivity contribution in [1.82, 2.24) is 5.32 Å². The molecule has 20 heavy (non-hydrogen) atoms. The highest BCUT2D eigenvalue weighted by Gasteiger charge is 2.18. The number of hydrogen-bond acceptors (Lipinski definition) is 4. The van der Waals surface area contributed by atoms with Gasteiger partial charge in [0.1, 0.15) is 0 Å². The van der Waals surface area contributed by atoms with E-state index in [2.05, 4.69) is 5.32 Å². The maximum Gasteiger partial charge on any atom is 0.251 e. The Morgan fingerprint density at radius 2 is 2.00 bits per heavy atom.